The third-order valence-electron chi connectivity index (χ3n) is 8.48. The second-order valence-electron chi connectivity index (χ2n) is 10.6. The Labute approximate surface area is 197 Å². The number of furan rings is 1. The monoisotopic (exact) mass is 464 g/mol. The number of Topliss-reactive ketones (excluding diaryl/α,β-unsaturated/α-hetero) is 1. The lowest BCUT2D eigenvalue weighted by Gasteiger charge is -2.58. The molecule has 2 saturated carbocycles. The Morgan fingerprint density at radius 2 is 2.06 bits per heavy atom. The van der Waals surface area contributed by atoms with E-state index in [0.29, 0.717) is 25.0 Å². The topological polar surface area (TPSA) is 99.9 Å². The van der Waals surface area contributed by atoms with E-state index < -0.39 is 52.4 Å². The van der Waals surface area contributed by atoms with Crippen LogP contribution in [0.2, 0.25) is 0 Å². The van der Waals surface area contributed by atoms with Crippen molar-refractivity contribution in [2.75, 3.05) is 6.61 Å². The summed E-state index contributed by atoms with van der Waals surface area (Å²) in [5, 5.41) is 0. The van der Waals surface area contributed by atoms with Gasteiger partial charge in [0.25, 0.3) is 0 Å². The zero-order valence-electron chi connectivity index (χ0n) is 19.3. The highest BCUT2D eigenvalue weighted by atomic mass is 16.6. The first-order valence-corrected chi connectivity index (χ1v) is 11.6. The van der Waals surface area contributed by atoms with Gasteiger partial charge in [0, 0.05) is 23.3 Å². The highest BCUT2D eigenvalue weighted by molar-refractivity contribution is 6.16. The Morgan fingerprint density at radius 3 is 2.76 bits per heavy atom. The number of fused-ring (bicyclic) bond motifs is 2. The van der Waals surface area contributed by atoms with Crippen LogP contribution in [0.5, 0.6) is 0 Å². The fourth-order valence-corrected chi connectivity index (χ4v) is 6.97. The Bertz CT molecular complexity index is 1120. The molecule has 7 nitrogen and oxygen atoms in total. The summed E-state index contributed by atoms with van der Waals surface area (Å²) in [4.78, 5) is 52.4. The van der Waals surface area contributed by atoms with Gasteiger partial charge >= 0.3 is 11.9 Å². The molecule has 0 aromatic carbocycles. The number of esters is 2. The van der Waals surface area contributed by atoms with Crippen molar-refractivity contribution >= 4 is 30.1 Å². The molecule has 34 heavy (non-hydrogen) atoms. The van der Waals surface area contributed by atoms with Crippen LogP contribution < -0.4 is 0 Å². The summed E-state index contributed by atoms with van der Waals surface area (Å²) >= 11 is 0. The summed E-state index contributed by atoms with van der Waals surface area (Å²) in [6.07, 6.45) is 9.81. The first-order valence-electron chi connectivity index (χ1n) is 11.6. The van der Waals surface area contributed by atoms with Crippen LogP contribution in [0.4, 0.5) is 0 Å². The number of hydrogen-bond acceptors (Lipinski definition) is 7. The van der Waals surface area contributed by atoms with Gasteiger partial charge in [0.05, 0.1) is 6.26 Å². The van der Waals surface area contributed by atoms with Crippen molar-refractivity contribution in [1.29, 1.82) is 0 Å². The fraction of sp³-hybridized carbons (Fsp3) is 0.481. The summed E-state index contributed by atoms with van der Waals surface area (Å²) < 4.78 is 16.7. The maximum absolute atomic E-state index is 13.7. The first-order chi connectivity index (χ1) is 16.2. The van der Waals surface area contributed by atoms with Crippen molar-refractivity contribution in [2.45, 2.75) is 39.2 Å². The standard InChI is InChI=1S/C27H28O7/c1-16-18-8-9-19-26(12-5-11-25(2,3)20(26)14-28)15-33-24(31)27(19,22(16)30)23(18)34-21(29)10-7-17-6-4-13-32-17/h4-7,10,12-14,18-20,23H,1,8-9,11,15H2,2-3H3/b10-7+/t18-,19-,20+,23+,26+,27-/m0/s1. The number of rotatable bonds is 4. The summed E-state index contributed by atoms with van der Waals surface area (Å²) in [5.41, 5.74) is -2.65. The van der Waals surface area contributed by atoms with Gasteiger partial charge in [-0.1, -0.05) is 32.6 Å². The molecule has 2 bridgehead atoms. The van der Waals surface area contributed by atoms with Crippen molar-refractivity contribution in [1.82, 2.24) is 0 Å². The molecule has 1 aromatic heterocycles. The van der Waals surface area contributed by atoms with Gasteiger partial charge in [0.2, 0.25) is 0 Å². The molecule has 1 aromatic rings. The summed E-state index contributed by atoms with van der Waals surface area (Å²) in [5.74, 6) is -2.81. The molecule has 178 valence electrons. The maximum atomic E-state index is 13.7. The average Bonchev–Trinajstić information content (AvgIpc) is 3.35. The van der Waals surface area contributed by atoms with Crippen LogP contribution in [0.1, 0.15) is 38.9 Å². The lowest BCUT2D eigenvalue weighted by molar-refractivity contribution is -0.215. The largest absolute Gasteiger partial charge is 0.465 e. The van der Waals surface area contributed by atoms with Crippen LogP contribution >= 0.6 is 0 Å². The minimum Gasteiger partial charge on any atom is -0.465 e. The van der Waals surface area contributed by atoms with Crippen molar-refractivity contribution in [3.8, 4) is 0 Å². The van der Waals surface area contributed by atoms with Crippen LogP contribution in [0.15, 0.2) is 53.2 Å². The third kappa shape index (κ3) is 2.88. The van der Waals surface area contributed by atoms with E-state index in [1.807, 2.05) is 26.0 Å². The number of carbonyl (C=O) groups is 4. The number of ketones is 1. The second-order valence-corrected chi connectivity index (χ2v) is 10.6. The molecule has 4 aliphatic rings. The fourth-order valence-electron chi connectivity index (χ4n) is 6.97. The molecule has 5 rings (SSSR count). The number of cyclic esters (lactones) is 1. The van der Waals surface area contributed by atoms with E-state index in [9.17, 15) is 19.2 Å². The minimum atomic E-state index is -1.70. The minimum absolute atomic E-state index is 0.0189. The Morgan fingerprint density at radius 1 is 1.26 bits per heavy atom. The van der Waals surface area contributed by atoms with Crippen LogP contribution in [0, 0.1) is 34.0 Å². The van der Waals surface area contributed by atoms with E-state index in [-0.39, 0.29) is 17.6 Å². The van der Waals surface area contributed by atoms with Gasteiger partial charge in [-0.3, -0.25) is 9.59 Å². The lowest BCUT2D eigenvalue weighted by atomic mass is 9.46. The van der Waals surface area contributed by atoms with E-state index in [4.69, 9.17) is 13.9 Å². The normalized spacial score (nSPS) is 38.1. The second kappa shape index (κ2) is 7.65. The molecular weight excluding hydrogens is 436 g/mol. The quantitative estimate of drug-likeness (QED) is 0.220. The summed E-state index contributed by atoms with van der Waals surface area (Å²) in [6, 6.07) is 3.38. The molecule has 2 spiro atoms. The number of ether oxygens (including phenoxy) is 2. The van der Waals surface area contributed by atoms with Crippen molar-refractivity contribution in [2.24, 2.45) is 34.0 Å². The molecule has 0 amide bonds. The molecular formula is C27H28O7. The molecule has 6 atom stereocenters. The van der Waals surface area contributed by atoms with E-state index >= 15 is 0 Å². The molecule has 0 radical (unpaired) electrons. The Hall–Kier alpha value is -3.22. The highest BCUT2D eigenvalue weighted by Gasteiger charge is 2.76. The summed E-state index contributed by atoms with van der Waals surface area (Å²) in [7, 11) is 0. The van der Waals surface area contributed by atoms with Crippen LogP contribution in [-0.4, -0.2) is 36.7 Å². The van der Waals surface area contributed by atoms with E-state index in [1.54, 1.807) is 12.1 Å². The van der Waals surface area contributed by atoms with Crippen molar-refractivity contribution in [3.05, 3.63) is 54.5 Å². The predicted molar refractivity (Wildman–Crippen MR) is 121 cm³/mol. The molecule has 3 fully saturated rings. The van der Waals surface area contributed by atoms with E-state index in [2.05, 4.69) is 6.58 Å². The third-order valence-corrected chi connectivity index (χ3v) is 8.48. The number of hydrogen-bond donors (Lipinski definition) is 0. The van der Waals surface area contributed by atoms with Gasteiger partial charge in [-0.25, -0.2) is 4.79 Å². The average molecular weight is 465 g/mol. The number of aldehydes is 1. The van der Waals surface area contributed by atoms with Crippen LogP contribution in [0.3, 0.4) is 0 Å². The Kier molecular flexibility index (Phi) is 5.08. The predicted octanol–water partition coefficient (Wildman–Crippen LogP) is 3.70. The molecule has 1 saturated heterocycles. The first kappa shape index (κ1) is 22.6. The van der Waals surface area contributed by atoms with Crippen molar-refractivity contribution in [3.63, 3.8) is 0 Å². The molecule has 2 heterocycles. The number of carbonyl (C=O) groups excluding carboxylic acids is 4. The highest BCUT2D eigenvalue weighted by Crippen LogP contribution is 2.67. The molecule has 0 N–H and O–H groups in total. The Balaban J connectivity index is 1.58. The molecule has 0 unspecified atom stereocenters. The molecule has 1 aliphatic heterocycles. The number of allylic oxidation sites excluding steroid dienone is 1. The molecule has 7 heteroatoms. The van der Waals surface area contributed by atoms with Gasteiger partial charge in [-0.15, -0.1) is 0 Å². The van der Waals surface area contributed by atoms with Crippen LogP contribution in [0.25, 0.3) is 6.08 Å². The zero-order chi connectivity index (χ0) is 24.3. The van der Waals surface area contributed by atoms with E-state index in [1.165, 1.54) is 18.4 Å². The van der Waals surface area contributed by atoms with Crippen molar-refractivity contribution < 1.29 is 33.1 Å². The zero-order valence-corrected chi connectivity index (χ0v) is 19.3. The van der Waals surface area contributed by atoms with Crippen LogP contribution in [-0.2, 0) is 28.7 Å². The van der Waals surface area contributed by atoms with Gasteiger partial charge in [-0.05, 0) is 54.4 Å². The smallest absolute Gasteiger partial charge is 0.331 e. The van der Waals surface area contributed by atoms with Gasteiger partial charge in [0.15, 0.2) is 11.2 Å². The molecule has 3 aliphatic carbocycles. The SMILES string of the molecule is C=C1C(=O)[C@@]23C(=O)OC[C@]4(C=CCC(C)(C)[C@H]4C=O)[C@@H]2CC[C@@H]1[C@H]3OC(=O)/C=C/c1ccco1. The summed E-state index contributed by atoms with van der Waals surface area (Å²) in [6.45, 7) is 8.02. The lowest BCUT2D eigenvalue weighted by Crippen LogP contribution is -2.66. The maximum Gasteiger partial charge on any atom is 0.331 e. The van der Waals surface area contributed by atoms with Gasteiger partial charge in [0.1, 0.15) is 24.8 Å². The van der Waals surface area contributed by atoms with E-state index in [0.717, 1.165) is 6.29 Å². The van der Waals surface area contributed by atoms with Gasteiger partial charge < -0.3 is 18.7 Å². The van der Waals surface area contributed by atoms with Gasteiger partial charge in [-0.2, -0.15) is 0 Å².